The van der Waals surface area contributed by atoms with Gasteiger partial charge in [0.05, 0.1) is 0 Å². The fourth-order valence-electron chi connectivity index (χ4n) is 2.73. The minimum Gasteiger partial charge on any atom is -0.370 e. The van der Waals surface area contributed by atoms with Crippen molar-refractivity contribution in [2.45, 2.75) is 110 Å². The summed E-state index contributed by atoms with van der Waals surface area (Å²) in [5.41, 5.74) is 15.9. The smallest absolute Gasteiger partial charge is 0.217 e. The van der Waals surface area contributed by atoms with E-state index in [2.05, 4.69) is 20.8 Å². The van der Waals surface area contributed by atoms with Crippen LogP contribution in [0.1, 0.15) is 104 Å². The van der Waals surface area contributed by atoms with E-state index >= 15 is 0 Å². The van der Waals surface area contributed by atoms with E-state index < -0.39 is 0 Å². The third kappa shape index (κ3) is 22.9. The number of carbonyl (C=O) groups excluding carboxylic acids is 2. The number of carbonyl (C=O) groups is 2. The maximum absolute atomic E-state index is 10.4. The lowest BCUT2D eigenvalue weighted by molar-refractivity contribution is -0.119. The first-order chi connectivity index (χ1) is 11.8. The van der Waals surface area contributed by atoms with Crippen LogP contribution >= 0.6 is 0 Å². The van der Waals surface area contributed by atoms with Gasteiger partial charge in [0, 0.05) is 18.9 Å². The molecule has 0 aromatic heterocycles. The summed E-state index contributed by atoms with van der Waals surface area (Å²) in [7, 11) is 0. The Kier molecular flexibility index (Phi) is 20.1. The van der Waals surface area contributed by atoms with E-state index in [1.165, 1.54) is 38.5 Å². The quantitative estimate of drug-likeness (QED) is 0.385. The van der Waals surface area contributed by atoms with E-state index in [0.717, 1.165) is 32.1 Å². The zero-order valence-electron chi connectivity index (χ0n) is 16.9. The molecule has 0 radical (unpaired) electrons. The summed E-state index contributed by atoms with van der Waals surface area (Å²) in [6.07, 6.45) is 13.4. The molecular formula is C20H43N3O2. The van der Waals surface area contributed by atoms with Crippen LogP contribution in [0.3, 0.4) is 0 Å². The second-order valence-electron chi connectivity index (χ2n) is 7.10. The first kappa shape index (κ1) is 26.1. The Labute approximate surface area is 155 Å². The molecule has 5 heteroatoms. The van der Waals surface area contributed by atoms with Gasteiger partial charge in [-0.15, -0.1) is 0 Å². The molecule has 0 heterocycles. The summed E-state index contributed by atoms with van der Waals surface area (Å²) in [4.78, 5) is 20.9. The van der Waals surface area contributed by atoms with Crippen molar-refractivity contribution in [3.05, 3.63) is 0 Å². The number of rotatable bonds is 15. The predicted molar refractivity (Wildman–Crippen MR) is 107 cm³/mol. The normalized spacial score (nSPS) is 12.8. The summed E-state index contributed by atoms with van der Waals surface area (Å²) in [6, 6.07) is 0.421. The molecule has 0 aromatic rings. The fourth-order valence-corrected chi connectivity index (χ4v) is 2.73. The lowest BCUT2D eigenvalue weighted by atomic mass is 9.96. The van der Waals surface area contributed by atoms with E-state index in [1.54, 1.807) is 0 Å². The minimum absolute atomic E-state index is 0.202. The van der Waals surface area contributed by atoms with E-state index in [-0.39, 0.29) is 11.8 Å². The highest BCUT2D eigenvalue weighted by molar-refractivity contribution is 5.73. The van der Waals surface area contributed by atoms with Crippen molar-refractivity contribution < 1.29 is 9.59 Å². The van der Waals surface area contributed by atoms with Crippen LogP contribution in [0.15, 0.2) is 0 Å². The summed E-state index contributed by atoms with van der Waals surface area (Å²) < 4.78 is 0. The van der Waals surface area contributed by atoms with Gasteiger partial charge in [-0.25, -0.2) is 0 Å². The number of nitrogens with two attached hydrogens (primary N) is 3. The molecular weight excluding hydrogens is 314 g/mol. The van der Waals surface area contributed by atoms with Crippen LogP contribution in [0.5, 0.6) is 0 Å². The average molecular weight is 358 g/mol. The number of primary amides is 2. The molecule has 0 aliphatic heterocycles. The van der Waals surface area contributed by atoms with Gasteiger partial charge in [0.1, 0.15) is 0 Å². The van der Waals surface area contributed by atoms with Crippen LogP contribution in [0.2, 0.25) is 0 Å². The maximum Gasteiger partial charge on any atom is 0.217 e. The van der Waals surface area contributed by atoms with E-state index in [4.69, 9.17) is 17.2 Å². The van der Waals surface area contributed by atoms with Gasteiger partial charge in [0.2, 0.25) is 11.8 Å². The van der Waals surface area contributed by atoms with Gasteiger partial charge < -0.3 is 17.2 Å². The lowest BCUT2D eigenvalue weighted by Gasteiger charge is -2.16. The van der Waals surface area contributed by atoms with Crippen molar-refractivity contribution in [2.24, 2.45) is 23.1 Å². The molecule has 5 nitrogen and oxygen atoms in total. The molecule has 0 aromatic carbocycles. The Hall–Kier alpha value is -1.10. The summed E-state index contributed by atoms with van der Waals surface area (Å²) in [5.74, 6) is 0.304. The highest BCUT2D eigenvalue weighted by Gasteiger charge is 2.07. The van der Waals surface area contributed by atoms with Gasteiger partial charge in [-0.2, -0.15) is 0 Å². The third-order valence-electron chi connectivity index (χ3n) is 4.54. The van der Waals surface area contributed by atoms with E-state index in [9.17, 15) is 9.59 Å². The molecule has 2 unspecified atom stereocenters. The Balaban J connectivity index is 0. The van der Waals surface area contributed by atoms with Gasteiger partial charge in [-0.05, 0) is 31.6 Å². The van der Waals surface area contributed by atoms with Gasteiger partial charge in [-0.3, -0.25) is 9.59 Å². The molecule has 0 fully saturated rings. The molecule has 0 saturated carbocycles. The van der Waals surface area contributed by atoms with Crippen LogP contribution < -0.4 is 17.2 Å². The van der Waals surface area contributed by atoms with Gasteiger partial charge in [0.25, 0.3) is 0 Å². The van der Waals surface area contributed by atoms with Crippen LogP contribution in [0, 0.1) is 5.92 Å². The van der Waals surface area contributed by atoms with Crippen LogP contribution in [0.4, 0.5) is 0 Å². The van der Waals surface area contributed by atoms with Crippen LogP contribution in [-0.4, -0.2) is 17.9 Å². The Bertz CT molecular complexity index is 300. The number of hydrogen-bond donors (Lipinski definition) is 3. The predicted octanol–water partition coefficient (Wildman–Crippen LogP) is 4.02. The number of unbranched alkanes of at least 4 members (excludes halogenated alkanes) is 7. The SMILES string of the molecule is CCCC(C)C(N)CC.NC(=O)CCCCCCCCCCC(N)=O. The fraction of sp³-hybridized carbons (Fsp3) is 0.900. The maximum atomic E-state index is 10.4. The highest BCUT2D eigenvalue weighted by Crippen LogP contribution is 2.11. The molecule has 2 atom stereocenters. The van der Waals surface area contributed by atoms with Crippen molar-refractivity contribution >= 4 is 11.8 Å². The third-order valence-corrected chi connectivity index (χ3v) is 4.54. The lowest BCUT2D eigenvalue weighted by Crippen LogP contribution is -2.26. The standard InChI is InChI=1S/C12H24N2O2.C8H19N/c13-11(15)9-7-5-3-1-2-4-6-8-10-12(14)16;1-4-6-7(3)8(9)5-2/h1-10H2,(H2,13,15)(H2,14,16);7-8H,4-6,9H2,1-3H3. The second kappa shape index (κ2) is 19.2. The van der Waals surface area contributed by atoms with Gasteiger partial charge in [-0.1, -0.05) is 65.7 Å². The van der Waals surface area contributed by atoms with Crippen molar-refractivity contribution in [1.82, 2.24) is 0 Å². The summed E-state index contributed by atoms with van der Waals surface area (Å²) in [6.45, 7) is 6.59. The van der Waals surface area contributed by atoms with Crippen molar-refractivity contribution in [2.75, 3.05) is 0 Å². The molecule has 2 amide bonds. The van der Waals surface area contributed by atoms with Gasteiger partial charge in [0.15, 0.2) is 0 Å². The summed E-state index contributed by atoms with van der Waals surface area (Å²) in [5, 5.41) is 0. The van der Waals surface area contributed by atoms with Crippen LogP contribution in [0.25, 0.3) is 0 Å². The Morgan fingerprint density at radius 3 is 1.40 bits per heavy atom. The van der Waals surface area contributed by atoms with Crippen molar-refractivity contribution in [3.8, 4) is 0 Å². The average Bonchev–Trinajstić information content (AvgIpc) is 2.56. The van der Waals surface area contributed by atoms with Crippen molar-refractivity contribution in [3.63, 3.8) is 0 Å². The minimum atomic E-state index is -0.202. The largest absolute Gasteiger partial charge is 0.370 e. The molecule has 150 valence electrons. The summed E-state index contributed by atoms with van der Waals surface area (Å²) >= 11 is 0. The Morgan fingerprint density at radius 2 is 1.12 bits per heavy atom. The zero-order valence-corrected chi connectivity index (χ0v) is 16.9. The first-order valence-electron chi connectivity index (χ1n) is 10.2. The number of amides is 2. The van der Waals surface area contributed by atoms with E-state index in [0.29, 0.717) is 24.8 Å². The molecule has 0 saturated heterocycles. The van der Waals surface area contributed by atoms with E-state index in [1.807, 2.05) is 0 Å². The molecule has 0 rings (SSSR count). The second-order valence-corrected chi connectivity index (χ2v) is 7.10. The molecule has 25 heavy (non-hydrogen) atoms. The molecule has 0 bridgehead atoms. The molecule has 0 aliphatic carbocycles. The first-order valence-corrected chi connectivity index (χ1v) is 10.2. The molecule has 6 N–H and O–H groups in total. The van der Waals surface area contributed by atoms with Crippen LogP contribution in [-0.2, 0) is 9.59 Å². The monoisotopic (exact) mass is 357 g/mol. The zero-order chi connectivity index (χ0) is 19.5. The van der Waals surface area contributed by atoms with Gasteiger partial charge >= 0.3 is 0 Å². The molecule has 0 aliphatic rings. The topological polar surface area (TPSA) is 112 Å². The van der Waals surface area contributed by atoms with Crippen molar-refractivity contribution in [1.29, 1.82) is 0 Å². The highest BCUT2D eigenvalue weighted by atomic mass is 16.1. The number of hydrogen-bond acceptors (Lipinski definition) is 3. The molecule has 0 spiro atoms. The Morgan fingerprint density at radius 1 is 0.760 bits per heavy atom.